The fourth-order valence-corrected chi connectivity index (χ4v) is 4.07. The van der Waals surface area contributed by atoms with E-state index in [4.69, 9.17) is 11.6 Å². The predicted octanol–water partition coefficient (Wildman–Crippen LogP) is 6.05. The third-order valence-electron chi connectivity index (χ3n) is 3.69. The highest BCUT2D eigenvalue weighted by atomic mass is 35.5. The van der Waals surface area contributed by atoms with Crippen molar-refractivity contribution in [2.24, 2.45) is 0 Å². The lowest BCUT2D eigenvalue weighted by Gasteiger charge is -1.96. The van der Waals surface area contributed by atoms with Gasteiger partial charge in [0, 0.05) is 27.5 Å². The summed E-state index contributed by atoms with van der Waals surface area (Å²) in [5.41, 5.74) is 3.81. The molecular weight excluding hydrogens is 396 g/mol. The van der Waals surface area contributed by atoms with E-state index in [1.807, 2.05) is 53.2 Å². The average molecular weight is 407 g/mol. The maximum absolute atomic E-state index is 9.58. The van der Waals surface area contributed by atoms with Gasteiger partial charge >= 0.3 is 0 Å². The molecule has 27 heavy (non-hydrogen) atoms. The van der Waals surface area contributed by atoms with Crippen molar-refractivity contribution >= 4 is 45.9 Å². The first-order valence-corrected chi connectivity index (χ1v) is 10.1. The molecule has 0 atom stereocenters. The standard InChI is InChI=1S/C20H11ClN4S2/c21-15-6-4-13(5-7-15)18-12-27-19(25-18)14(10-22)9-16-11-26-20(24-16)17-3-1-2-8-23-17/h1-9,11-12H. The molecule has 4 nitrogen and oxygen atoms in total. The van der Waals surface area contributed by atoms with E-state index in [-0.39, 0.29) is 0 Å². The summed E-state index contributed by atoms with van der Waals surface area (Å²) in [4.78, 5) is 13.5. The summed E-state index contributed by atoms with van der Waals surface area (Å²) in [5.74, 6) is 0. The summed E-state index contributed by atoms with van der Waals surface area (Å²) in [6.07, 6.45) is 3.49. The quantitative estimate of drug-likeness (QED) is 0.387. The van der Waals surface area contributed by atoms with Crippen LogP contribution in [0.3, 0.4) is 0 Å². The van der Waals surface area contributed by atoms with Crippen molar-refractivity contribution < 1.29 is 0 Å². The molecule has 130 valence electrons. The molecule has 4 rings (SSSR count). The Morgan fingerprint density at radius 1 is 1.00 bits per heavy atom. The van der Waals surface area contributed by atoms with E-state index in [0.717, 1.165) is 27.7 Å². The number of benzene rings is 1. The molecule has 4 aromatic rings. The zero-order valence-corrected chi connectivity index (χ0v) is 16.2. The number of pyridine rings is 1. The molecule has 0 fully saturated rings. The fourth-order valence-electron chi connectivity index (χ4n) is 2.40. The van der Waals surface area contributed by atoms with E-state index in [0.29, 0.717) is 15.6 Å². The molecule has 0 aliphatic heterocycles. The van der Waals surface area contributed by atoms with Gasteiger partial charge in [0.05, 0.1) is 22.7 Å². The second kappa shape index (κ2) is 7.80. The number of hydrogen-bond donors (Lipinski definition) is 0. The van der Waals surface area contributed by atoms with Crippen LogP contribution in [0.25, 0.3) is 33.6 Å². The molecule has 0 aliphatic rings. The van der Waals surface area contributed by atoms with E-state index < -0.39 is 0 Å². The number of thiazole rings is 2. The third kappa shape index (κ3) is 3.96. The highest BCUT2D eigenvalue weighted by Gasteiger charge is 2.11. The van der Waals surface area contributed by atoms with E-state index >= 15 is 0 Å². The van der Waals surface area contributed by atoms with Crippen LogP contribution in [0.2, 0.25) is 5.02 Å². The minimum absolute atomic E-state index is 0.484. The maximum Gasteiger partial charge on any atom is 0.142 e. The van der Waals surface area contributed by atoms with Crippen LogP contribution >= 0.6 is 34.3 Å². The molecule has 0 N–H and O–H groups in total. The first-order valence-electron chi connectivity index (χ1n) is 7.93. The predicted molar refractivity (Wildman–Crippen MR) is 111 cm³/mol. The molecule has 3 aromatic heterocycles. The molecule has 0 amide bonds. The van der Waals surface area contributed by atoms with Crippen LogP contribution in [0.5, 0.6) is 0 Å². The minimum atomic E-state index is 0.484. The number of nitriles is 1. The van der Waals surface area contributed by atoms with E-state index in [1.54, 1.807) is 12.3 Å². The molecule has 1 aromatic carbocycles. The minimum Gasteiger partial charge on any atom is -0.254 e. The summed E-state index contributed by atoms with van der Waals surface area (Å²) in [6, 6.07) is 15.4. The van der Waals surface area contributed by atoms with Gasteiger partial charge in [0.25, 0.3) is 0 Å². The number of aromatic nitrogens is 3. The Labute approximate surface area is 169 Å². The van der Waals surface area contributed by atoms with Gasteiger partial charge in [-0.3, -0.25) is 4.98 Å². The molecule has 0 unspecified atom stereocenters. The summed E-state index contributed by atoms with van der Waals surface area (Å²) in [7, 11) is 0. The molecule has 7 heteroatoms. The van der Waals surface area contributed by atoms with Crippen molar-refractivity contribution in [3.8, 4) is 28.0 Å². The van der Waals surface area contributed by atoms with Gasteiger partial charge in [-0.15, -0.1) is 22.7 Å². The second-order valence-electron chi connectivity index (χ2n) is 5.51. The summed E-state index contributed by atoms with van der Waals surface area (Å²) in [6.45, 7) is 0. The topological polar surface area (TPSA) is 62.5 Å². The Morgan fingerprint density at radius 3 is 2.59 bits per heavy atom. The number of nitrogens with zero attached hydrogens (tertiary/aromatic N) is 4. The van der Waals surface area contributed by atoms with Gasteiger partial charge in [-0.25, -0.2) is 9.97 Å². The maximum atomic E-state index is 9.58. The molecule has 0 aliphatic carbocycles. The van der Waals surface area contributed by atoms with Crippen molar-refractivity contribution in [3.63, 3.8) is 0 Å². The lowest BCUT2D eigenvalue weighted by atomic mass is 10.2. The molecule has 0 radical (unpaired) electrons. The van der Waals surface area contributed by atoms with Crippen LogP contribution in [0.15, 0.2) is 59.4 Å². The number of allylic oxidation sites excluding steroid dienone is 1. The SMILES string of the molecule is N#CC(=Cc1csc(-c2ccccn2)n1)c1nc(-c2ccc(Cl)cc2)cs1. The molecular formula is C20H11ClN4S2. The van der Waals surface area contributed by atoms with Crippen LogP contribution in [-0.2, 0) is 0 Å². The summed E-state index contributed by atoms with van der Waals surface area (Å²) in [5, 5.41) is 15.6. The molecule has 0 spiro atoms. The van der Waals surface area contributed by atoms with Crippen LogP contribution < -0.4 is 0 Å². The number of rotatable bonds is 4. The first kappa shape index (κ1) is 17.6. The zero-order chi connectivity index (χ0) is 18.6. The van der Waals surface area contributed by atoms with Crippen molar-refractivity contribution in [1.29, 1.82) is 5.26 Å². The number of halogens is 1. The Bertz CT molecular complexity index is 1140. The highest BCUT2D eigenvalue weighted by molar-refractivity contribution is 7.13. The first-order chi connectivity index (χ1) is 13.2. The van der Waals surface area contributed by atoms with Gasteiger partial charge in [-0.2, -0.15) is 5.26 Å². The van der Waals surface area contributed by atoms with Gasteiger partial charge in [0.2, 0.25) is 0 Å². The number of hydrogen-bond acceptors (Lipinski definition) is 6. The normalized spacial score (nSPS) is 11.3. The Hall–Kier alpha value is -2.85. The smallest absolute Gasteiger partial charge is 0.142 e. The van der Waals surface area contributed by atoms with Gasteiger partial charge < -0.3 is 0 Å². The molecule has 0 saturated carbocycles. The van der Waals surface area contributed by atoms with Gasteiger partial charge in [-0.05, 0) is 30.3 Å². The lowest BCUT2D eigenvalue weighted by Crippen LogP contribution is -1.84. The van der Waals surface area contributed by atoms with Gasteiger partial charge in [0.15, 0.2) is 0 Å². The average Bonchev–Trinajstić information content (AvgIpc) is 3.37. The van der Waals surface area contributed by atoms with E-state index in [1.165, 1.54) is 22.7 Å². The molecule has 0 saturated heterocycles. The molecule has 0 bridgehead atoms. The van der Waals surface area contributed by atoms with Crippen molar-refractivity contribution in [1.82, 2.24) is 15.0 Å². The van der Waals surface area contributed by atoms with Crippen LogP contribution in [0.4, 0.5) is 0 Å². The van der Waals surface area contributed by atoms with Crippen molar-refractivity contribution in [2.45, 2.75) is 0 Å². The largest absolute Gasteiger partial charge is 0.254 e. The Morgan fingerprint density at radius 2 is 1.85 bits per heavy atom. The van der Waals surface area contributed by atoms with E-state index in [9.17, 15) is 5.26 Å². The summed E-state index contributed by atoms with van der Waals surface area (Å²) >= 11 is 8.86. The second-order valence-corrected chi connectivity index (χ2v) is 7.66. The fraction of sp³-hybridized carbons (Fsp3) is 0. The van der Waals surface area contributed by atoms with Crippen LogP contribution in [0, 0.1) is 11.3 Å². The zero-order valence-electron chi connectivity index (χ0n) is 13.8. The lowest BCUT2D eigenvalue weighted by molar-refractivity contribution is 1.28. The van der Waals surface area contributed by atoms with Crippen molar-refractivity contribution in [2.75, 3.05) is 0 Å². The van der Waals surface area contributed by atoms with Crippen LogP contribution in [0.1, 0.15) is 10.7 Å². The Kier molecular flexibility index (Phi) is 5.07. The summed E-state index contributed by atoms with van der Waals surface area (Å²) < 4.78 is 0. The van der Waals surface area contributed by atoms with E-state index in [2.05, 4.69) is 21.0 Å². The van der Waals surface area contributed by atoms with Crippen molar-refractivity contribution in [3.05, 3.63) is 75.1 Å². The van der Waals surface area contributed by atoms with Gasteiger partial charge in [-0.1, -0.05) is 29.8 Å². The van der Waals surface area contributed by atoms with Gasteiger partial charge in [0.1, 0.15) is 16.1 Å². The van der Waals surface area contributed by atoms with Crippen LogP contribution in [-0.4, -0.2) is 15.0 Å². The highest BCUT2D eigenvalue weighted by Crippen LogP contribution is 2.29. The Balaban J connectivity index is 1.62. The monoisotopic (exact) mass is 406 g/mol. The molecule has 3 heterocycles. The third-order valence-corrected chi connectivity index (χ3v) is 5.70.